The molecular formula is C17H31IN4O2. The molecule has 0 fully saturated rings. The van der Waals surface area contributed by atoms with Crippen LogP contribution < -0.4 is 15.4 Å². The van der Waals surface area contributed by atoms with E-state index in [1.54, 1.807) is 20.4 Å². The van der Waals surface area contributed by atoms with E-state index in [0.717, 1.165) is 31.1 Å². The van der Waals surface area contributed by atoms with Crippen molar-refractivity contribution in [3.8, 4) is 5.88 Å². The molecule has 0 amide bonds. The summed E-state index contributed by atoms with van der Waals surface area (Å²) in [6.07, 6.45) is 2.93. The molecule has 0 radical (unpaired) electrons. The Morgan fingerprint density at radius 2 is 2.08 bits per heavy atom. The number of nitrogens with zero attached hydrogens (tertiary/aromatic N) is 2. The molecule has 0 aliphatic heterocycles. The fourth-order valence-corrected chi connectivity index (χ4v) is 2.30. The minimum Gasteiger partial charge on any atom is -0.481 e. The summed E-state index contributed by atoms with van der Waals surface area (Å²) in [5, 5.41) is 6.59. The van der Waals surface area contributed by atoms with Crippen LogP contribution in [-0.4, -0.2) is 44.4 Å². The molecule has 6 nitrogen and oxygen atoms in total. The van der Waals surface area contributed by atoms with E-state index < -0.39 is 0 Å². The van der Waals surface area contributed by atoms with Gasteiger partial charge in [-0.3, -0.25) is 4.99 Å². The molecule has 0 saturated heterocycles. The lowest BCUT2D eigenvalue weighted by atomic mass is 10.0. The lowest BCUT2D eigenvalue weighted by molar-refractivity contribution is 0.0258. The van der Waals surface area contributed by atoms with Crippen LogP contribution >= 0.6 is 24.0 Å². The van der Waals surface area contributed by atoms with Gasteiger partial charge in [0.2, 0.25) is 5.88 Å². The van der Waals surface area contributed by atoms with Gasteiger partial charge in [0, 0.05) is 38.5 Å². The van der Waals surface area contributed by atoms with Crippen molar-refractivity contribution in [3.63, 3.8) is 0 Å². The lowest BCUT2D eigenvalue weighted by Crippen LogP contribution is -2.39. The molecular weight excluding hydrogens is 419 g/mol. The lowest BCUT2D eigenvalue weighted by Gasteiger charge is -2.21. The van der Waals surface area contributed by atoms with E-state index in [1.807, 2.05) is 19.1 Å². The third-order valence-corrected chi connectivity index (χ3v) is 3.56. The van der Waals surface area contributed by atoms with E-state index in [-0.39, 0.29) is 30.1 Å². The molecule has 0 aliphatic carbocycles. The Labute approximate surface area is 162 Å². The van der Waals surface area contributed by atoms with Gasteiger partial charge in [-0.2, -0.15) is 0 Å². The Morgan fingerprint density at radius 1 is 1.33 bits per heavy atom. The monoisotopic (exact) mass is 450 g/mol. The highest BCUT2D eigenvalue weighted by Crippen LogP contribution is 2.13. The Morgan fingerprint density at radius 3 is 2.67 bits per heavy atom. The first-order chi connectivity index (χ1) is 11.1. The van der Waals surface area contributed by atoms with Crippen LogP contribution in [0.4, 0.5) is 0 Å². The Bertz CT molecular complexity index is 483. The van der Waals surface area contributed by atoms with Gasteiger partial charge in [0.15, 0.2) is 5.96 Å². The number of nitrogens with one attached hydrogen (secondary N) is 2. The van der Waals surface area contributed by atoms with E-state index in [1.165, 1.54) is 0 Å². The van der Waals surface area contributed by atoms with Crippen LogP contribution in [0.1, 0.15) is 32.8 Å². The second-order valence-corrected chi connectivity index (χ2v) is 5.55. The van der Waals surface area contributed by atoms with E-state index >= 15 is 0 Å². The standard InChI is InChI=1S/C17H30N4O2.HI/c1-6-23-15(13(2)3)9-11-20-17(18-4)21-12-14-8-7-10-19-16(14)22-5;/h7-8,10,13,15H,6,9,11-12H2,1-5H3,(H2,18,20,21);1H. The molecule has 0 aromatic carbocycles. The molecule has 138 valence electrons. The highest BCUT2D eigenvalue weighted by atomic mass is 127. The van der Waals surface area contributed by atoms with Crippen molar-refractivity contribution in [2.75, 3.05) is 27.3 Å². The number of hydrogen-bond acceptors (Lipinski definition) is 4. The van der Waals surface area contributed by atoms with Crippen LogP contribution in [0.3, 0.4) is 0 Å². The summed E-state index contributed by atoms with van der Waals surface area (Å²) in [6, 6.07) is 3.88. The van der Waals surface area contributed by atoms with Crippen molar-refractivity contribution in [1.82, 2.24) is 15.6 Å². The summed E-state index contributed by atoms with van der Waals surface area (Å²) in [5.74, 6) is 1.90. The molecule has 1 aromatic rings. The van der Waals surface area contributed by atoms with Crippen molar-refractivity contribution in [3.05, 3.63) is 23.9 Å². The SMILES string of the molecule is CCOC(CCNC(=NC)NCc1cccnc1OC)C(C)C.I. The summed E-state index contributed by atoms with van der Waals surface area (Å²) in [5.41, 5.74) is 0.993. The average molecular weight is 450 g/mol. The first-order valence-corrected chi connectivity index (χ1v) is 8.16. The fourth-order valence-electron chi connectivity index (χ4n) is 2.30. The Balaban J connectivity index is 0.00000529. The Hall–Kier alpha value is -1.09. The van der Waals surface area contributed by atoms with E-state index in [4.69, 9.17) is 9.47 Å². The maximum atomic E-state index is 5.75. The quantitative estimate of drug-likeness (QED) is 0.344. The second-order valence-electron chi connectivity index (χ2n) is 5.55. The van der Waals surface area contributed by atoms with E-state index in [9.17, 15) is 0 Å². The highest BCUT2D eigenvalue weighted by Gasteiger charge is 2.13. The zero-order valence-electron chi connectivity index (χ0n) is 15.3. The van der Waals surface area contributed by atoms with Gasteiger partial charge in [-0.05, 0) is 25.3 Å². The van der Waals surface area contributed by atoms with Crippen molar-refractivity contribution in [1.29, 1.82) is 0 Å². The van der Waals surface area contributed by atoms with Crippen LogP contribution in [0.2, 0.25) is 0 Å². The van der Waals surface area contributed by atoms with E-state index in [0.29, 0.717) is 18.3 Å². The van der Waals surface area contributed by atoms with Gasteiger partial charge >= 0.3 is 0 Å². The van der Waals surface area contributed by atoms with Gasteiger partial charge in [0.05, 0.1) is 13.2 Å². The molecule has 0 saturated carbocycles. The molecule has 1 heterocycles. The van der Waals surface area contributed by atoms with Gasteiger partial charge in [-0.15, -0.1) is 24.0 Å². The van der Waals surface area contributed by atoms with Gasteiger partial charge in [-0.25, -0.2) is 4.98 Å². The number of guanidine groups is 1. The van der Waals surface area contributed by atoms with Crippen LogP contribution in [-0.2, 0) is 11.3 Å². The number of aliphatic imine (C=N–C) groups is 1. The van der Waals surface area contributed by atoms with Crippen molar-refractivity contribution < 1.29 is 9.47 Å². The van der Waals surface area contributed by atoms with Crippen LogP contribution in [0.25, 0.3) is 0 Å². The first-order valence-electron chi connectivity index (χ1n) is 8.16. The molecule has 1 rings (SSSR count). The molecule has 1 unspecified atom stereocenters. The number of ether oxygens (including phenoxy) is 2. The molecule has 7 heteroatoms. The summed E-state index contributed by atoms with van der Waals surface area (Å²) < 4.78 is 11.0. The normalized spacial score (nSPS) is 12.5. The molecule has 0 spiro atoms. The Kier molecular flexibility index (Phi) is 12.6. The third kappa shape index (κ3) is 8.14. The highest BCUT2D eigenvalue weighted by molar-refractivity contribution is 14.0. The number of pyridine rings is 1. The molecule has 0 bridgehead atoms. The van der Waals surface area contributed by atoms with Crippen molar-refractivity contribution in [2.24, 2.45) is 10.9 Å². The molecule has 1 atom stereocenters. The summed E-state index contributed by atoms with van der Waals surface area (Å²) >= 11 is 0. The number of methoxy groups -OCH3 is 1. The van der Waals surface area contributed by atoms with Gasteiger partial charge in [-0.1, -0.05) is 19.9 Å². The number of rotatable bonds is 9. The largest absolute Gasteiger partial charge is 0.481 e. The van der Waals surface area contributed by atoms with Crippen molar-refractivity contribution >= 4 is 29.9 Å². The van der Waals surface area contributed by atoms with Gasteiger partial charge in [0.25, 0.3) is 0 Å². The summed E-state index contributed by atoms with van der Waals surface area (Å²) in [7, 11) is 3.39. The minimum absolute atomic E-state index is 0. The maximum absolute atomic E-state index is 5.75. The van der Waals surface area contributed by atoms with Crippen LogP contribution in [0.5, 0.6) is 5.88 Å². The number of hydrogen-bond donors (Lipinski definition) is 2. The zero-order chi connectivity index (χ0) is 17.1. The maximum Gasteiger partial charge on any atom is 0.218 e. The van der Waals surface area contributed by atoms with Crippen LogP contribution in [0, 0.1) is 5.92 Å². The summed E-state index contributed by atoms with van der Waals surface area (Å²) in [4.78, 5) is 8.43. The number of halogens is 1. The predicted octanol–water partition coefficient (Wildman–Crippen LogP) is 2.82. The second kappa shape index (κ2) is 13.2. The zero-order valence-corrected chi connectivity index (χ0v) is 17.7. The van der Waals surface area contributed by atoms with Gasteiger partial charge < -0.3 is 20.1 Å². The predicted molar refractivity (Wildman–Crippen MR) is 109 cm³/mol. The van der Waals surface area contributed by atoms with Crippen molar-refractivity contribution in [2.45, 2.75) is 39.8 Å². The molecule has 24 heavy (non-hydrogen) atoms. The minimum atomic E-state index is 0. The molecule has 1 aromatic heterocycles. The van der Waals surface area contributed by atoms with Crippen LogP contribution in [0.15, 0.2) is 23.3 Å². The first kappa shape index (κ1) is 22.9. The molecule has 0 aliphatic rings. The van der Waals surface area contributed by atoms with E-state index in [2.05, 4.69) is 34.5 Å². The number of aromatic nitrogens is 1. The topological polar surface area (TPSA) is 67.8 Å². The average Bonchev–Trinajstić information content (AvgIpc) is 2.57. The smallest absolute Gasteiger partial charge is 0.218 e. The summed E-state index contributed by atoms with van der Waals surface area (Å²) in [6.45, 7) is 8.56. The van der Waals surface area contributed by atoms with Gasteiger partial charge in [0.1, 0.15) is 0 Å². The fraction of sp³-hybridized carbons (Fsp3) is 0.647. The molecule has 2 N–H and O–H groups in total. The third-order valence-electron chi connectivity index (χ3n) is 3.56.